The molecule has 0 aromatic carbocycles. The Morgan fingerprint density at radius 3 is 2.79 bits per heavy atom. The van der Waals surface area contributed by atoms with Gasteiger partial charge in [-0.15, -0.1) is 0 Å². The highest BCUT2D eigenvalue weighted by molar-refractivity contribution is 5.85. The molecule has 1 aliphatic rings. The van der Waals surface area contributed by atoms with Gasteiger partial charge in [0.1, 0.15) is 17.2 Å². The third-order valence-corrected chi connectivity index (χ3v) is 3.35. The molecule has 6 nitrogen and oxygen atoms in total. The van der Waals surface area contributed by atoms with Crippen LogP contribution in [0.3, 0.4) is 0 Å². The van der Waals surface area contributed by atoms with Gasteiger partial charge in [0.2, 0.25) is 11.8 Å². The zero-order valence-electron chi connectivity index (χ0n) is 11.1. The summed E-state index contributed by atoms with van der Waals surface area (Å²) >= 11 is 0. The van der Waals surface area contributed by atoms with Gasteiger partial charge >= 0.3 is 0 Å². The van der Waals surface area contributed by atoms with Crippen molar-refractivity contribution in [1.82, 2.24) is 10.3 Å². The van der Waals surface area contributed by atoms with Gasteiger partial charge in [-0.1, -0.05) is 0 Å². The molecule has 102 valence electrons. The van der Waals surface area contributed by atoms with E-state index in [2.05, 4.69) is 16.4 Å². The maximum atomic E-state index is 12.3. The lowest BCUT2D eigenvalue weighted by molar-refractivity contribution is -0.133. The highest BCUT2D eigenvalue weighted by atomic mass is 16.5. The van der Waals surface area contributed by atoms with Gasteiger partial charge in [0, 0.05) is 13.2 Å². The number of nitrogens with zero attached hydrogens (tertiary/aromatic N) is 2. The summed E-state index contributed by atoms with van der Waals surface area (Å²) in [5.41, 5.74) is -0.992. The van der Waals surface area contributed by atoms with E-state index in [1.807, 2.05) is 0 Å². The molecule has 1 atom stereocenters. The molecule has 1 aliphatic heterocycles. The summed E-state index contributed by atoms with van der Waals surface area (Å²) in [4.78, 5) is 16.4. The summed E-state index contributed by atoms with van der Waals surface area (Å²) in [6.45, 7) is 4.45. The predicted octanol–water partition coefficient (Wildman–Crippen LogP) is 1.48. The number of nitriles is 1. The summed E-state index contributed by atoms with van der Waals surface area (Å²) in [6.07, 6.45) is 2.45. The van der Waals surface area contributed by atoms with Gasteiger partial charge in [0.25, 0.3) is 0 Å². The molecular weight excluding hydrogens is 246 g/mol. The molecule has 1 N–H and O–H groups in total. The number of carbonyl (C=O) groups is 1. The fourth-order valence-electron chi connectivity index (χ4n) is 2.08. The summed E-state index contributed by atoms with van der Waals surface area (Å²) < 4.78 is 10.6. The first kappa shape index (κ1) is 13.6. The molecule has 0 radical (unpaired) electrons. The van der Waals surface area contributed by atoms with E-state index < -0.39 is 5.41 Å². The average molecular weight is 263 g/mol. The Morgan fingerprint density at radius 1 is 1.58 bits per heavy atom. The van der Waals surface area contributed by atoms with Crippen LogP contribution in [-0.4, -0.2) is 24.1 Å². The maximum Gasteiger partial charge on any atom is 0.241 e. The molecule has 0 saturated carbocycles. The molecule has 0 bridgehead atoms. The lowest BCUT2D eigenvalue weighted by Gasteiger charge is -2.30. The van der Waals surface area contributed by atoms with Crippen LogP contribution in [-0.2, 0) is 9.53 Å². The SMILES string of the molecule is Cc1cnc(C(C)NC(=O)C2(C#N)CCOCC2)o1. The topological polar surface area (TPSA) is 88.2 Å². The molecule has 1 fully saturated rings. The molecule has 2 rings (SSSR count). The van der Waals surface area contributed by atoms with E-state index in [0.717, 1.165) is 0 Å². The first-order valence-electron chi connectivity index (χ1n) is 6.30. The van der Waals surface area contributed by atoms with Gasteiger partial charge in [-0.2, -0.15) is 5.26 Å². The van der Waals surface area contributed by atoms with Crippen LogP contribution in [0.15, 0.2) is 10.6 Å². The van der Waals surface area contributed by atoms with Crippen molar-refractivity contribution in [3.05, 3.63) is 17.8 Å². The van der Waals surface area contributed by atoms with Gasteiger partial charge in [-0.3, -0.25) is 4.79 Å². The number of hydrogen-bond acceptors (Lipinski definition) is 5. The van der Waals surface area contributed by atoms with Crippen molar-refractivity contribution in [1.29, 1.82) is 5.26 Å². The molecule has 6 heteroatoms. The molecule has 1 unspecified atom stereocenters. The number of carbonyl (C=O) groups excluding carboxylic acids is 1. The normalized spacial score (nSPS) is 19.4. The molecule has 1 amide bonds. The largest absolute Gasteiger partial charge is 0.444 e. The van der Waals surface area contributed by atoms with Crippen molar-refractivity contribution in [3.63, 3.8) is 0 Å². The third-order valence-electron chi connectivity index (χ3n) is 3.35. The van der Waals surface area contributed by atoms with Crippen molar-refractivity contribution in [2.75, 3.05) is 13.2 Å². The number of aryl methyl sites for hydroxylation is 1. The zero-order chi connectivity index (χ0) is 13.9. The first-order valence-corrected chi connectivity index (χ1v) is 6.30. The van der Waals surface area contributed by atoms with Crippen LogP contribution in [0.25, 0.3) is 0 Å². The third kappa shape index (κ3) is 2.76. The Morgan fingerprint density at radius 2 is 2.26 bits per heavy atom. The van der Waals surface area contributed by atoms with Crippen LogP contribution in [0.5, 0.6) is 0 Å². The van der Waals surface area contributed by atoms with E-state index in [1.165, 1.54) is 0 Å². The molecule has 2 heterocycles. The number of rotatable bonds is 3. The lowest BCUT2D eigenvalue weighted by atomic mass is 9.80. The van der Waals surface area contributed by atoms with Crippen LogP contribution in [0.4, 0.5) is 0 Å². The second kappa shape index (κ2) is 5.41. The molecule has 1 saturated heterocycles. The van der Waals surface area contributed by atoms with Crippen molar-refractivity contribution < 1.29 is 13.9 Å². The van der Waals surface area contributed by atoms with E-state index in [0.29, 0.717) is 37.7 Å². The minimum Gasteiger partial charge on any atom is -0.444 e. The van der Waals surface area contributed by atoms with Gasteiger partial charge in [0.15, 0.2) is 0 Å². The Labute approximate surface area is 111 Å². The second-order valence-corrected chi connectivity index (χ2v) is 4.81. The van der Waals surface area contributed by atoms with E-state index in [4.69, 9.17) is 9.15 Å². The number of hydrogen-bond donors (Lipinski definition) is 1. The van der Waals surface area contributed by atoms with E-state index in [9.17, 15) is 10.1 Å². The van der Waals surface area contributed by atoms with Crippen LogP contribution in [0, 0.1) is 23.7 Å². The Bertz CT molecular complexity index is 497. The summed E-state index contributed by atoms with van der Waals surface area (Å²) in [5.74, 6) is 0.866. The van der Waals surface area contributed by atoms with Crippen LogP contribution < -0.4 is 5.32 Å². The Hall–Kier alpha value is -1.87. The molecule has 1 aromatic heterocycles. The number of aromatic nitrogens is 1. The van der Waals surface area contributed by atoms with Gasteiger partial charge in [-0.25, -0.2) is 4.98 Å². The van der Waals surface area contributed by atoms with Gasteiger partial charge in [-0.05, 0) is 26.7 Å². The summed E-state index contributed by atoms with van der Waals surface area (Å²) in [5, 5.41) is 12.1. The summed E-state index contributed by atoms with van der Waals surface area (Å²) in [6, 6.07) is 1.78. The Balaban J connectivity index is 2.05. The van der Waals surface area contributed by atoms with E-state index in [-0.39, 0.29) is 11.9 Å². The monoisotopic (exact) mass is 263 g/mol. The fraction of sp³-hybridized carbons (Fsp3) is 0.615. The molecule has 0 aliphatic carbocycles. The zero-order valence-corrected chi connectivity index (χ0v) is 11.1. The van der Waals surface area contributed by atoms with Gasteiger partial charge < -0.3 is 14.5 Å². The second-order valence-electron chi connectivity index (χ2n) is 4.81. The number of oxazole rings is 1. The minimum absolute atomic E-state index is 0.276. The van der Waals surface area contributed by atoms with Crippen molar-refractivity contribution in [2.24, 2.45) is 5.41 Å². The van der Waals surface area contributed by atoms with Crippen LogP contribution in [0.1, 0.15) is 37.5 Å². The predicted molar refractivity (Wildman–Crippen MR) is 65.9 cm³/mol. The van der Waals surface area contributed by atoms with Crippen molar-refractivity contribution in [2.45, 2.75) is 32.7 Å². The highest BCUT2D eigenvalue weighted by Crippen LogP contribution is 2.30. The molecule has 1 aromatic rings. The minimum atomic E-state index is -0.992. The van der Waals surface area contributed by atoms with E-state index in [1.54, 1.807) is 20.0 Å². The van der Waals surface area contributed by atoms with Crippen molar-refractivity contribution in [3.8, 4) is 6.07 Å². The highest BCUT2D eigenvalue weighted by Gasteiger charge is 2.41. The quantitative estimate of drug-likeness (QED) is 0.892. The van der Waals surface area contributed by atoms with Crippen LogP contribution in [0.2, 0.25) is 0 Å². The van der Waals surface area contributed by atoms with E-state index >= 15 is 0 Å². The smallest absolute Gasteiger partial charge is 0.241 e. The number of amides is 1. The number of nitrogens with one attached hydrogen (secondary N) is 1. The lowest BCUT2D eigenvalue weighted by Crippen LogP contribution is -2.44. The standard InChI is InChI=1S/C13H17N3O3/c1-9-7-15-11(19-9)10(2)16-12(17)13(8-14)3-5-18-6-4-13/h7,10H,3-6H2,1-2H3,(H,16,17). The maximum absolute atomic E-state index is 12.3. The van der Waals surface area contributed by atoms with Crippen molar-refractivity contribution >= 4 is 5.91 Å². The molecule has 0 spiro atoms. The first-order chi connectivity index (χ1) is 9.07. The Kier molecular flexibility index (Phi) is 3.86. The average Bonchev–Trinajstić information content (AvgIpc) is 2.86. The molecule has 19 heavy (non-hydrogen) atoms. The van der Waals surface area contributed by atoms with Gasteiger partial charge in [0.05, 0.1) is 12.3 Å². The molecular formula is C13H17N3O3. The van der Waals surface area contributed by atoms with Crippen LogP contribution >= 0.6 is 0 Å². The number of ether oxygens (including phenoxy) is 1. The summed E-state index contributed by atoms with van der Waals surface area (Å²) in [7, 11) is 0. The fourth-order valence-corrected chi connectivity index (χ4v) is 2.08.